The zero-order valence-corrected chi connectivity index (χ0v) is 34.4. The van der Waals surface area contributed by atoms with E-state index in [-0.39, 0.29) is 23.8 Å². The Morgan fingerprint density at radius 1 is 0.604 bits per heavy atom. The van der Waals surface area contributed by atoms with Gasteiger partial charge in [0.15, 0.2) is 0 Å². The molecule has 0 aliphatic carbocycles. The number of hydrogen-bond acceptors (Lipinski definition) is 5. The number of nitrogens with zero attached hydrogens (tertiary/aromatic N) is 1. The molecule has 0 spiro atoms. The van der Waals surface area contributed by atoms with E-state index in [0.29, 0.717) is 39.0 Å². The maximum Gasteiger partial charge on any atom is 0.328 e. The van der Waals surface area contributed by atoms with Crippen molar-refractivity contribution < 1.29 is 19.1 Å². The molecule has 1 rings (SSSR count). The van der Waals surface area contributed by atoms with E-state index in [1.807, 2.05) is 0 Å². The Balaban J connectivity index is 2.32. The minimum absolute atomic E-state index is 0.00812. The molecule has 2 atom stereocenters. The van der Waals surface area contributed by atoms with Crippen LogP contribution in [0.1, 0.15) is 194 Å². The van der Waals surface area contributed by atoms with Gasteiger partial charge in [-0.15, -0.1) is 0 Å². The number of nitrogens with one attached hydrogen (secondary N) is 1. The summed E-state index contributed by atoms with van der Waals surface area (Å²) in [6.45, 7) is 5.79. The van der Waals surface area contributed by atoms with Crippen molar-refractivity contribution >= 4 is 17.8 Å². The van der Waals surface area contributed by atoms with Crippen molar-refractivity contribution in [2.75, 3.05) is 19.7 Å². The summed E-state index contributed by atoms with van der Waals surface area (Å²) in [5, 5.41) is 3.06. The molecule has 304 valence electrons. The fraction of sp³-hybridized carbons (Fsp3) is 0.761. The van der Waals surface area contributed by atoms with Crippen molar-refractivity contribution in [3.05, 3.63) is 48.6 Å². The molecule has 0 radical (unpaired) electrons. The maximum absolute atomic E-state index is 13.3. The van der Waals surface area contributed by atoms with Gasteiger partial charge in [-0.3, -0.25) is 9.59 Å². The highest BCUT2D eigenvalue weighted by atomic mass is 16.5. The highest BCUT2D eigenvalue weighted by molar-refractivity contribution is 5.86. The summed E-state index contributed by atoms with van der Waals surface area (Å²) in [4.78, 5) is 40.7. The predicted octanol–water partition coefficient (Wildman–Crippen LogP) is 11.4. The molecule has 0 aromatic heterocycles. The molecule has 0 aromatic rings. The van der Waals surface area contributed by atoms with Crippen molar-refractivity contribution in [1.29, 1.82) is 0 Å². The molecule has 0 saturated carbocycles. The lowest BCUT2D eigenvalue weighted by Crippen LogP contribution is -2.42. The Morgan fingerprint density at radius 2 is 1.08 bits per heavy atom. The van der Waals surface area contributed by atoms with Gasteiger partial charge in [-0.1, -0.05) is 133 Å². The third-order valence-electron chi connectivity index (χ3n) is 10.0. The number of amides is 2. The number of carbonyl (C=O) groups is 3. The van der Waals surface area contributed by atoms with E-state index < -0.39 is 6.04 Å². The molecule has 1 heterocycles. The van der Waals surface area contributed by atoms with Crippen molar-refractivity contribution in [1.82, 2.24) is 10.2 Å². The third-order valence-corrected chi connectivity index (χ3v) is 10.0. The summed E-state index contributed by atoms with van der Waals surface area (Å²) >= 11 is 0. The van der Waals surface area contributed by atoms with Crippen LogP contribution in [0.25, 0.3) is 0 Å². The van der Waals surface area contributed by atoms with Gasteiger partial charge in [-0.25, -0.2) is 4.79 Å². The molecular weight excluding hydrogens is 659 g/mol. The van der Waals surface area contributed by atoms with Crippen LogP contribution in [-0.2, 0) is 19.1 Å². The molecule has 1 saturated heterocycles. The zero-order valence-electron chi connectivity index (χ0n) is 34.4. The van der Waals surface area contributed by atoms with Gasteiger partial charge < -0.3 is 20.7 Å². The standard InChI is InChI=1S/C46H81N3O4/c1-3-5-7-9-11-13-15-17-19-21-23-25-27-29-31-35-39-53-46(52)43-40-42(48-44(50)36-33-34-38-47)41-49(43)45(51)37-32-30-28-26-24-22-20-18-16-14-12-10-8-6-4-2/h11-14,17-20,42-43H,3-10,15-16,21-41,47H2,1-2H3,(H,48,50)/b13-11-,14-12-,19-17-,20-18-. The molecule has 2 amide bonds. The van der Waals surface area contributed by atoms with Crippen molar-refractivity contribution in [3.63, 3.8) is 0 Å². The topological polar surface area (TPSA) is 102 Å². The summed E-state index contributed by atoms with van der Waals surface area (Å²) in [6.07, 6.45) is 47.5. The van der Waals surface area contributed by atoms with Crippen LogP contribution >= 0.6 is 0 Å². The van der Waals surface area contributed by atoms with Gasteiger partial charge in [-0.05, 0) is 96.4 Å². The Hall–Kier alpha value is -2.67. The molecule has 0 bridgehead atoms. The van der Waals surface area contributed by atoms with Crippen LogP contribution in [0, 0.1) is 0 Å². The second-order valence-corrected chi connectivity index (χ2v) is 15.0. The molecule has 1 aliphatic heterocycles. The summed E-state index contributed by atoms with van der Waals surface area (Å²) in [7, 11) is 0. The molecule has 53 heavy (non-hydrogen) atoms. The Kier molecular flexibility index (Phi) is 33.1. The number of allylic oxidation sites excluding steroid dienone is 8. The number of rotatable bonds is 35. The normalized spacial score (nSPS) is 16.2. The molecule has 7 heteroatoms. The van der Waals surface area contributed by atoms with Gasteiger partial charge in [0.05, 0.1) is 6.61 Å². The number of carbonyl (C=O) groups excluding carboxylic acids is 3. The molecule has 7 nitrogen and oxygen atoms in total. The molecule has 1 aliphatic rings. The van der Waals surface area contributed by atoms with Gasteiger partial charge in [0.2, 0.25) is 11.8 Å². The van der Waals surface area contributed by atoms with Crippen LogP contribution in [-0.4, -0.2) is 54.5 Å². The van der Waals surface area contributed by atoms with E-state index in [9.17, 15) is 14.4 Å². The quantitative estimate of drug-likeness (QED) is 0.0383. The van der Waals surface area contributed by atoms with Gasteiger partial charge in [0.1, 0.15) is 6.04 Å². The Morgan fingerprint density at radius 3 is 1.60 bits per heavy atom. The van der Waals surface area contributed by atoms with E-state index in [0.717, 1.165) is 83.5 Å². The maximum atomic E-state index is 13.3. The van der Waals surface area contributed by atoms with Gasteiger partial charge in [0.25, 0.3) is 0 Å². The highest BCUT2D eigenvalue weighted by Crippen LogP contribution is 2.22. The Labute approximate surface area is 326 Å². The van der Waals surface area contributed by atoms with Crippen LogP contribution < -0.4 is 11.1 Å². The second kappa shape index (κ2) is 36.3. The predicted molar refractivity (Wildman–Crippen MR) is 225 cm³/mol. The van der Waals surface area contributed by atoms with Gasteiger partial charge in [0, 0.05) is 31.8 Å². The van der Waals surface area contributed by atoms with Crippen LogP contribution in [0.2, 0.25) is 0 Å². The molecule has 0 aromatic carbocycles. The van der Waals surface area contributed by atoms with E-state index >= 15 is 0 Å². The van der Waals surface area contributed by atoms with Gasteiger partial charge >= 0.3 is 5.97 Å². The summed E-state index contributed by atoms with van der Waals surface area (Å²) in [5.41, 5.74) is 5.58. The summed E-state index contributed by atoms with van der Waals surface area (Å²) < 4.78 is 5.71. The van der Waals surface area contributed by atoms with Crippen LogP contribution in [0.4, 0.5) is 0 Å². The SMILES string of the molecule is CCCCC/C=C\C/C=C\CCCCCCCCOC(=O)C1CC(NC(=O)CCCCN)CN1C(=O)CCCCCCC/C=C\C/C=C\CCCCC. The van der Waals surface area contributed by atoms with Crippen LogP contribution in [0.5, 0.6) is 0 Å². The minimum Gasteiger partial charge on any atom is -0.464 e. The number of unbranched alkanes of at least 4 members (excludes halogenated alkanes) is 18. The first-order valence-electron chi connectivity index (χ1n) is 22.1. The number of ether oxygens (including phenoxy) is 1. The van der Waals surface area contributed by atoms with E-state index in [2.05, 4.69) is 67.8 Å². The average Bonchev–Trinajstić information content (AvgIpc) is 3.58. The fourth-order valence-corrected chi connectivity index (χ4v) is 6.76. The van der Waals surface area contributed by atoms with Crippen molar-refractivity contribution in [3.8, 4) is 0 Å². The number of nitrogens with two attached hydrogens (primary N) is 1. The van der Waals surface area contributed by atoms with E-state index in [1.54, 1.807) is 4.90 Å². The first-order valence-corrected chi connectivity index (χ1v) is 22.1. The molecule has 1 fully saturated rings. The lowest BCUT2D eigenvalue weighted by Gasteiger charge is -2.23. The van der Waals surface area contributed by atoms with Crippen LogP contribution in [0.3, 0.4) is 0 Å². The van der Waals surface area contributed by atoms with Gasteiger partial charge in [-0.2, -0.15) is 0 Å². The monoisotopic (exact) mass is 740 g/mol. The lowest BCUT2D eigenvalue weighted by atomic mass is 10.1. The van der Waals surface area contributed by atoms with Crippen molar-refractivity contribution in [2.24, 2.45) is 5.73 Å². The Bertz CT molecular complexity index is 1020. The van der Waals surface area contributed by atoms with Crippen LogP contribution in [0.15, 0.2) is 48.6 Å². The van der Waals surface area contributed by atoms with E-state index in [1.165, 1.54) is 77.0 Å². The first-order chi connectivity index (χ1) is 26.0. The molecule has 2 unspecified atom stereocenters. The second-order valence-electron chi connectivity index (χ2n) is 15.0. The van der Waals surface area contributed by atoms with E-state index in [4.69, 9.17) is 10.5 Å². The first kappa shape index (κ1) is 48.3. The summed E-state index contributed by atoms with van der Waals surface area (Å²) in [6, 6.07) is -0.854. The smallest absolute Gasteiger partial charge is 0.328 e. The third kappa shape index (κ3) is 28.4. The number of likely N-dealkylation sites (tertiary alicyclic amines) is 1. The number of esters is 1. The summed E-state index contributed by atoms with van der Waals surface area (Å²) in [5.74, 6) is -0.382. The lowest BCUT2D eigenvalue weighted by molar-refractivity contribution is -0.153. The minimum atomic E-state index is -0.626. The zero-order chi connectivity index (χ0) is 38.5. The average molecular weight is 740 g/mol. The highest BCUT2D eigenvalue weighted by Gasteiger charge is 2.40. The largest absolute Gasteiger partial charge is 0.464 e. The molecular formula is C46H81N3O4. The molecule has 3 N–H and O–H groups in total. The fourth-order valence-electron chi connectivity index (χ4n) is 6.76. The number of hydrogen-bond donors (Lipinski definition) is 2. The van der Waals surface area contributed by atoms with Crippen molar-refractivity contribution in [2.45, 2.75) is 206 Å².